The van der Waals surface area contributed by atoms with Crippen LogP contribution in [0.2, 0.25) is 0 Å². The number of thiophene rings is 1. The van der Waals surface area contributed by atoms with Gasteiger partial charge in [0.15, 0.2) is 0 Å². The zero-order chi connectivity index (χ0) is 12.2. The smallest absolute Gasteiger partial charge is 0.210 e. The monoisotopic (exact) mass is 345 g/mol. The highest BCUT2D eigenvalue weighted by Crippen LogP contribution is 2.25. The molecule has 3 nitrogen and oxygen atoms in total. The van der Waals surface area contributed by atoms with E-state index >= 15 is 0 Å². The standard InChI is InChI=1S/C9H13BrClNO2S2/c1-2-7(11)5-6-12-16(13,14)9-4-3-8(10)15-9/h3-4,7,12H,2,5-6H2,1H3. The van der Waals surface area contributed by atoms with Gasteiger partial charge in [0.2, 0.25) is 10.0 Å². The second-order valence-corrected chi connectivity index (χ2v) is 8.32. The lowest BCUT2D eigenvalue weighted by molar-refractivity contribution is 0.579. The van der Waals surface area contributed by atoms with E-state index in [9.17, 15) is 8.42 Å². The maximum Gasteiger partial charge on any atom is 0.250 e. The molecule has 0 fully saturated rings. The van der Waals surface area contributed by atoms with Crippen molar-refractivity contribution in [2.45, 2.75) is 29.4 Å². The quantitative estimate of drug-likeness (QED) is 0.804. The van der Waals surface area contributed by atoms with Crippen LogP contribution >= 0.6 is 38.9 Å². The van der Waals surface area contributed by atoms with Gasteiger partial charge in [-0.1, -0.05) is 6.92 Å². The third-order valence-corrected chi connectivity index (χ3v) is 6.11. The van der Waals surface area contributed by atoms with Gasteiger partial charge >= 0.3 is 0 Å². The van der Waals surface area contributed by atoms with Crippen molar-refractivity contribution in [3.63, 3.8) is 0 Å². The van der Waals surface area contributed by atoms with Crippen LogP contribution in [-0.2, 0) is 10.0 Å². The number of rotatable bonds is 6. The van der Waals surface area contributed by atoms with Gasteiger partial charge in [-0.3, -0.25) is 0 Å². The molecule has 7 heteroatoms. The highest BCUT2D eigenvalue weighted by Gasteiger charge is 2.16. The molecule has 1 aromatic rings. The van der Waals surface area contributed by atoms with Crippen molar-refractivity contribution < 1.29 is 8.42 Å². The van der Waals surface area contributed by atoms with Crippen molar-refractivity contribution in [1.82, 2.24) is 4.72 Å². The highest BCUT2D eigenvalue weighted by atomic mass is 79.9. The van der Waals surface area contributed by atoms with Crippen molar-refractivity contribution in [3.05, 3.63) is 15.9 Å². The molecule has 16 heavy (non-hydrogen) atoms. The first kappa shape index (κ1) is 14.4. The summed E-state index contributed by atoms with van der Waals surface area (Å²) in [5.41, 5.74) is 0. The lowest BCUT2D eigenvalue weighted by Gasteiger charge is -2.07. The van der Waals surface area contributed by atoms with Gasteiger partial charge in [0, 0.05) is 11.9 Å². The number of alkyl halides is 1. The summed E-state index contributed by atoms with van der Waals surface area (Å²) < 4.78 is 27.2. The van der Waals surface area contributed by atoms with E-state index in [0.29, 0.717) is 17.2 Å². The Balaban J connectivity index is 2.53. The fourth-order valence-electron chi connectivity index (χ4n) is 1.07. The molecule has 0 aliphatic rings. The molecule has 1 heterocycles. The summed E-state index contributed by atoms with van der Waals surface area (Å²) in [7, 11) is -3.36. The molecular weight excluding hydrogens is 334 g/mol. The Hall–Kier alpha value is 0.380. The topological polar surface area (TPSA) is 46.2 Å². The first-order chi connectivity index (χ1) is 7.45. The molecule has 0 aliphatic heterocycles. The molecule has 1 aromatic heterocycles. The predicted octanol–water partition coefficient (Wildman–Crippen LogP) is 3.20. The number of hydrogen-bond acceptors (Lipinski definition) is 3. The number of halogens is 2. The van der Waals surface area contributed by atoms with Gasteiger partial charge in [-0.25, -0.2) is 13.1 Å². The van der Waals surface area contributed by atoms with Gasteiger partial charge < -0.3 is 0 Å². The van der Waals surface area contributed by atoms with Gasteiger partial charge in [0.05, 0.1) is 3.79 Å². The van der Waals surface area contributed by atoms with E-state index in [2.05, 4.69) is 20.7 Å². The molecule has 0 aromatic carbocycles. The van der Waals surface area contributed by atoms with Crippen LogP contribution in [0, 0.1) is 0 Å². The first-order valence-electron chi connectivity index (χ1n) is 4.84. The summed E-state index contributed by atoms with van der Waals surface area (Å²) in [6, 6.07) is 3.30. The third kappa shape index (κ3) is 4.33. The molecule has 1 unspecified atom stereocenters. The largest absolute Gasteiger partial charge is 0.250 e. The average molecular weight is 347 g/mol. The Morgan fingerprint density at radius 2 is 2.25 bits per heavy atom. The number of hydrogen-bond donors (Lipinski definition) is 1. The SMILES string of the molecule is CCC(Cl)CCNS(=O)(=O)c1ccc(Br)s1. The van der Waals surface area contributed by atoms with Crippen molar-refractivity contribution in [2.75, 3.05) is 6.54 Å². The van der Waals surface area contributed by atoms with Gasteiger partial charge in [-0.05, 0) is 40.9 Å². The molecule has 0 bridgehead atoms. The van der Waals surface area contributed by atoms with Crippen LogP contribution in [0.5, 0.6) is 0 Å². The van der Waals surface area contributed by atoms with Crippen molar-refractivity contribution in [3.8, 4) is 0 Å². The molecule has 0 saturated carbocycles. The van der Waals surface area contributed by atoms with Crippen LogP contribution in [0.3, 0.4) is 0 Å². The maximum absolute atomic E-state index is 11.8. The fourth-order valence-corrected chi connectivity index (χ4v) is 4.28. The predicted molar refractivity (Wildman–Crippen MR) is 71.8 cm³/mol. The molecule has 0 spiro atoms. The van der Waals surface area contributed by atoms with E-state index in [0.717, 1.165) is 10.2 Å². The third-order valence-electron chi connectivity index (χ3n) is 2.01. The Morgan fingerprint density at radius 3 is 2.75 bits per heavy atom. The molecule has 92 valence electrons. The molecule has 1 N–H and O–H groups in total. The van der Waals surface area contributed by atoms with E-state index in [-0.39, 0.29) is 5.38 Å². The summed E-state index contributed by atoms with van der Waals surface area (Å²) >= 11 is 10.3. The summed E-state index contributed by atoms with van der Waals surface area (Å²) in [6.07, 6.45) is 1.48. The minimum Gasteiger partial charge on any atom is -0.210 e. The molecular formula is C9H13BrClNO2S2. The van der Waals surface area contributed by atoms with Crippen LogP contribution in [0.15, 0.2) is 20.1 Å². The first-order valence-corrected chi connectivity index (χ1v) is 8.37. The van der Waals surface area contributed by atoms with Crippen molar-refractivity contribution in [2.24, 2.45) is 0 Å². The van der Waals surface area contributed by atoms with Crippen LogP contribution in [-0.4, -0.2) is 20.3 Å². The summed E-state index contributed by atoms with van der Waals surface area (Å²) in [5.74, 6) is 0. The van der Waals surface area contributed by atoms with E-state index in [1.165, 1.54) is 11.3 Å². The van der Waals surface area contributed by atoms with Gasteiger partial charge in [0.1, 0.15) is 4.21 Å². The summed E-state index contributed by atoms with van der Waals surface area (Å²) in [4.78, 5) is 0. The van der Waals surface area contributed by atoms with Crippen LogP contribution in [0.1, 0.15) is 19.8 Å². The van der Waals surface area contributed by atoms with E-state index in [4.69, 9.17) is 11.6 Å². The zero-order valence-corrected chi connectivity index (χ0v) is 12.7. The van der Waals surface area contributed by atoms with E-state index in [1.54, 1.807) is 12.1 Å². The molecule has 1 atom stereocenters. The molecule has 0 radical (unpaired) electrons. The normalized spacial score (nSPS) is 13.9. The van der Waals surface area contributed by atoms with Gasteiger partial charge in [0.25, 0.3) is 0 Å². The van der Waals surface area contributed by atoms with Gasteiger partial charge in [-0.15, -0.1) is 22.9 Å². The van der Waals surface area contributed by atoms with E-state index < -0.39 is 10.0 Å². The van der Waals surface area contributed by atoms with Crippen molar-refractivity contribution in [1.29, 1.82) is 0 Å². The Morgan fingerprint density at radius 1 is 1.56 bits per heavy atom. The summed E-state index contributed by atoms with van der Waals surface area (Å²) in [5, 5.41) is 0.0257. The second kappa shape index (κ2) is 6.35. The minimum absolute atomic E-state index is 0.0257. The van der Waals surface area contributed by atoms with Crippen LogP contribution in [0.4, 0.5) is 0 Å². The summed E-state index contributed by atoms with van der Waals surface area (Å²) in [6.45, 7) is 2.35. The Kier molecular flexibility index (Phi) is 5.73. The van der Waals surface area contributed by atoms with Crippen LogP contribution in [0.25, 0.3) is 0 Å². The lowest BCUT2D eigenvalue weighted by Crippen LogP contribution is -2.25. The van der Waals surface area contributed by atoms with Crippen LogP contribution < -0.4 is 4.72 Å². The average Bonchev–Trinajstić information content (AvgIpc) is 2.65. The maximum atomic E-state index is 11.8. The van der Waals surface area contributed by atoms with E-state index in [1.807, 2.05) is 6.92 Å². The van der Waals surface area contributed by atoms with Crippen molar-refractivity contribution >= 4 is 48.9 Å². The molecule has 0 amide bonds. The minimum atomic E-state index is -3.36. The Bertz CT molecular complexity index is 432. The Labute approximate surface area is 113 Å². The fraction of sp³-hybridized carbons (Fsp3) is 0.556. The van der Waals surface area contributed by atoms with Gasteiger partial charge in [-0.2, -0.15) is 0 Å². The highest BCUT2D eigenvalue weighted by molar-refractivity contribution is 9.11. The number of sulfonamides is 1. The number of nitrogens with one attached hydrogen (secondary N) is 1. The molecule has 0 saturated heterocycles. The second-order valence-electron chi connectivity index (χ2n) is 3.25. The zero-order valence-electron chi connectivity index (χ0n) is 8.74. The lowest BCUT2D eigenvalue weighted by atomic mass is 10.2. The molecule has 0 aliphatic carbocycles. The molecule has 1 rings (SSSR count).